The molecule has 2 aromatic heterocycles. The van der Waals surface area contributed by atoms with Crippen molar-refractivity contribution in [3.8, 4) is 45.6 Å². The summed E-state index contributed by atoms with van der Waals surface area (Å²) in [4.78, 5) is 19.0. The molecular formula is C30H22N4O. The average molecular weight is 455 g/mol. The number of rotatable bonds is 4. The summed E-state index contributed by atoms with van der Waals surface area (Å²) in [6, 6.07) is 32.2. The molecule has 0 saturated carbocycles. The average Bonchev–Trinajstić information content (AvgIpc) is 3.34. The first-order chi connectivity index (χ1) is 17.1. The van der Waals surface area contributed by atoms with Gasteiger partial charge in [0.25, 0.3) is 0 Å². The molecule has 0 N–H and O–H groups in total. The fourth-order valence-electron chi connectivity index (χ4n) is 3.93. The van der Waals surface area contributed by atoms with Crippen LogP contribution in [0.1, 0.15) is 11.1 Å². The Balaban J connectivity index is 1.43. The van der Waals surface area contributed by atoms with Crippen molar-refractivity contribution >= 4 is 11.1 Å². The lowest BCUT2D eigenvalue weighted by Gasteiger charge is -2.09. The van der Waals surface area contributed by atoms with Crippen LogP contribution in [0.2, 0.25) is 0 Å². The van der Waals surface area contributed by atoms with Crippen LogP contribution in [0, 0.1) is 13.8 Å². The fraction of sp³-hybridized carbons (Fsp3) is 0.0667. The summed E-state index contributed by atoms with van der Waals surface area (Å²) < 4.78 is 5.92. The van der Waals surface area contributed by atoms with E-state index >= 15 is 0 Å². The monoisotopic (exact) mass is 454 g/mol. The van der Waals surface area contributed by atoms with Gasteiger partial charge in [-0.15, -0.1) is 0 Å². The van der Waals surface area contributed by atoms with Gasteiger partial charge in [0.15, 0.2) is 23.1 Å². The summed E-state index contributed by atoms with van der Waals surface area (Å²) >= 11 is 0. The van der Waals surface area contributed by atoms with Gasteiger partial charge in [-0.3, -0.25) is 0 Å². The standard InChI is InChI=1S/C30H22N4O/c1-19-7-11-21(12-8-19)27-32-28(22-13-9-20(2)10-14-22)34-29(33-27)23-15-17-24(18-16-23)30-31-25-5-3-4-6-26(25)35-30/h3-18H,1-2H3. The fourth-order valence-corrected chi connectivity index (χ4v) is 3.93. The van der Waals surface area contributed by atoms with E-state index < -0.39 is 0 Å². The Morgan fingerprint density at radius 3 is 1.37 bits per heavy atom. The number of oxazole rings is 1. The lowest BCUT2D eigenvalue weighted by atomic mass is 10.1. The minimum absolute atomic E-state index is 0.592. The van der Waals surface area contributed by atoms with E-state index in [-0.39, 0.29) is 0 Å². The molecule has 5 heteroatoms. The molecule has 6 rings (SSSR count). The first kappa shape index (κ1) is 20.9. The summed E-state index contributed by atoms with van der Waals surface area (Å²) in [5.74, 6) is 2.51. The Kier molecular flexibility index (Phi) is 5.15. The molecule has 0 atom stereocenters. The van der Waals surface area contributed by atoms with Gasteiger partial charge in [-0.25, -0.2) is 19.9 Å². The maximum absolute atomic E-state index is 5.92. The predicted octanol–water partition coefficient (Wildman–Crippen LogP) is 7.30. The smallest absolute Gasteiger partial charge is 0.227 e. The van der Waals surface area contributed by atoms with Gasteiger partial charge in [0.2, 0.25) is 5.89 Å². The van der Waals surface area contributed by atoms with Crippen LogP contribution in [0.4, 0.5) is 0 Å². The van der Waals surface area contributed by atoms with Crippen molar-refractivity contribution in [1.82, 2.24) is 19.9 Å². The number of hydrogen-bond acceptors (Lipinski definition) is 5. The molecule has 4 aromatic carbocycles. The van der Waals surface area contributed by atoms with Gasteiger partial charge in [0.1, 0.15) is 5.52 Å². The Morgan fingerprint density at radius 1 is 0.457 bits per heavy atom. The molecule has 0 unspecified atom stereocenters. The second-order valence-electron chi connectivity index (χ2n) is 8.60. The zero-order chi connectivity index (χ0) is 23.8. The first-order valence-electron chi connectivity index (χ1n) is 11.5. The molecule has 0 bridgehead atoms. The molecule has 0 saturated heterocycles. The normalized spacial score (nSPS) is 11.1. The number of benzene rings is 4. The third-order valence-corrected chi connectivity index (χ3v) is 5.94. The lowest BCUT2D eigenvalue weighted by molar-refractivity contribution is 0.620. The van der Waals surface area contributed by atoms with E-state index in [0.717, 1.165) is 33.4 Å². The maximum Gasteiger partial charge on any atom is 0.227 e. The van der Waals surface area contributed by atoms with Gasteiger partial charge < -0.3 is 4.42 Å². The second-order valence-corrected chi connectivity index (χ2v) is 8.60. The molecule has 6 aromatic rings. The molecule has 0 spiro atoms. The highest BCUT2D eigenvalue weighted by Crippen LogP contribution is 2.28. The Morgan fingerprint density at radius 2 is 0.886 bits per heavy atom. The molecule has 0 radical (unpaired) electrons. The van der Waals surface area contributed by atoms with E-state index in [4.69, 9.17) is 19.4 Å². The lowest BCUT2D eigenvalue weighted by Crippen LogP contribution is -2.00. The maximum atomic E-state index is 5.92. The number of para-hydroxylation sites is 2. The SMILES string of the molecule is Cc1ccc(-c2nc(-c3ccc(C)cc3)nc(-c3ccc(-c4nc5ccccc5o4)cc3)n2)cc1. The van der Waals surface area contributed by atoms with E-state index in [0.29, 0.717) is 23.4 Å². The van der Waals surface area contributed by atoms with Gasteiger partial charge in [-0.2, -0.15) is 0 Å². The predicted molar refractivity (Wildman–Crippen MR) is 139 cm³/mol. The summed E-state index contributed by atoms with van der Waals surface area (Å²) in [6.45, 7) is 4.14. The number of aryl methyl sites for hydroxylation is 2. The van der Waals surface area contributed by atoms with Crippen LogP contribution >= 0.6 is 0 Å². The van der Waals surface area contributed by atoms with Crippen molar-refractivity contribution in [2.75, 3.05) is 0 Å². The van der Waals surface area contributed by atoms with Gasteiger partial charge >= 0.3 is 0 Å². The zero-order valence-electron chi connectivity index (χ0n) is 19.4. The number of hydrogen-bond donors (Lipinski definition) is 0. The van der Waals surface area contributed by atoms with E-state index in [1.165, 1.54) is 11.1 Å². The van der Waals surface area contributed by atoms with Crippen molar-refractivity contribution in [3.63, 3.8) is 0 Å². The van der Waals surface area contributed by atoms with Crippen LogP contribution in [-0.4, -0.2) is 19.9 Å². The molecule has 0 aliphatic carbocycles. The molecule has 0 aliphatic rings. The van der Waals surface area contributed by atoms with Crippen LogP contribution in [0.15, 0.2) is 101 Å². The topological polar surface area (TPSA) is 64.7 Å². The number of aromatic nitrogens is 4. The summed E-state index contributed by atoms with van der Waals surface area (Å²) in [7, 11) is 0. The minimum Gasteiger partial charge on any atom is -0.436 e. The van der Waals surface area contributed by atoms with E-state index in [9.17, 15) is 0 Å². The van der Waals surface area contributed by atoms with Gasteiger partial charge in [-0.05, 0) is 38.1 Å². The largest absolute Gasteiger partial charge is 0.436 e. The van der Waals surface area contributed by atoms with Gasteiger partial charge in [0.05, 0.1) is 0 Å². The zero-order valence-corrected chi connectivity index (χ0v) is 19.4. The third-order valence-electron chi connectivity index (χ3n) is 5.94. The Labute approximate surface area is 203 Å². The van der Waals surface area contributed by atoms with E-state index in [1.54, 1.807) is 0 Å². The highest BCUT2D eigenvalue weighted by Gasteiger charge is 2.13. The van der Waals surface area contributed by atoms with Crippen molar-refractivity contribution in [3.05, 3.63) is 108 Å². The van der Waals surface area contributed by atoms with E-state index in [2.05, 4.69) is 43.1 Å². The molecule has 0 amide bonds. The van der Waals surface area contributed by atoms with E-state index in [1.807, 2.05) is 72.8 Å². The van der Waals surface area contributed by atoms with Gasteiger partial charge in [-0.1, -0.05) is 83.9 Å². The van der Waals surface area contributed by atoms with Crippen LogP contribution in [-0.2, 0) is 0 Å². The van der Waals surface area contributed by atoms with Crippen LogP contribution in [0.25, 0.3) is 56.7 Å². The molecule has 0 fully saturated rings. The number of nitrogens with zero attached hydrogens (tertiary/aromatic N) is 4. The molecule has 168 valence electrons. The van der Waals surface area contributed by atoms with Gasteiger partial charge in [0, 0.05) is 22.3 Å². The second kappa shape index (κ2) is 8.61. The summed E-state index contributed by atoms with van der Waals surface area (Å²) in [5.41, 5.74) is 7.70. The molecule has 5 nitrogen and oxygen atoms in total. The quantitative estimate of drug-likeness (QED) is 0.280. The summed E-state index contributed by atoms with van der Waals surface area (Å²) in [5, 5.41) is 0. The molecule has 0 aliphatic heterocycles. The van der Waals surface area contributed by atoms with Crippen molar-refractivity contribution in [2.24, 2.45) is 0 Å². The highest BCUT2D eigenvalue weighted by atomic mass is 16.3. The first-order valence-corrected chi connectivity index (χ1v) is 11.5. The van der Waals surface area contributed by atoms with Crippen LogP contribution in [0.5, 0.6) is 0 Å². The Bertz CT molecular complexity index is 1540. The molecule has 35 heavy (non-hydrogen) atoms. The van der Waals surface area contributed by atoms with Crippen LogP contribution < -0.4 is 0 Å². The molecule has 2 heterocycles. The number of fused-ring (bicyclic) bond motifs is 1. The third kappa shape index (κ3) is 4.20. The van der Waals surface area contributed by atoms with Crippen molar-refractivity contribution in [2.45, 2.75) is 13.8 Å². The van der Waals surface area contributed by atoms with Crippen LogP contribution in [0.3, 0.4) is 0 Å². The highest BCUT2D eigenvalue weighted by molar-refractivity contribution is 5.76. The van der Waals surface area contributed by atoms with Crippen molar-refractivity contribution in [1.29, 1.82) is 0 Å². The Hall–Kier alpha value is -4.64. The van der Waals surface area contributed by atoms with Crippen molar-refractivity contribution < 1.29 is 4.42 Å². The molecular weight excluding hydrogens is 432 g/mol. The summed E-state index contributed by atoms with van der Waals surface area (Å²) in [6.07, 6.45) is 0. The minimum atomic E-state index is 0.592.